The number of fused-ring (bicyclic) bond motifs is 1. The largest absolute Gasteiger partial charge is 0.486 e. The molecule has 2 heterocycles. The third-order valence-corrected chi connectivity index (χ3v) is 5.01. The first-order chi connectivity index (χ1) is 13.8. The summed E-state index contributed by atoms with van der Waals surface area (Å²) in [5.74, 6) is 1.64. The molecule has 2 aliphatic heterocycles. The summed E-state index contributed by atoms with van der Waals surface area (Å²) < 4.78 is 16.6. The normalized spacial score (nSPS) is 15.9. The Morgan fingerprint density at radius 3 is 2.61 bits per heavy atom. The van der Waals surface area contributed by atoms with Gasteiger partial charge in [-0.25, -0.2) is 0 Å². The maximum absolute atomic E-state index is 12.5. The summed E-state index contributed by atoms with van der Waals surface area (Å²) in [6.45, 7) is 4.31. The predicted molar refractivity (Wildman–Crippen MR) is 108 cm³/mol. The highest BCUT2D eigenvalue weighted by Gasteiger charge is 2.16. The van der Waals surface area contributed by atoms with Gasteiger partial charge in [0.15, 0.2) is 11.5 Å². The Morgan fingerprint density at radius 2 is 1.75 bits per heavy atom. The molecule has 0 aliphatic carbocycles. The van der Waals surface area contributed by atoms with Crippen LogP contribution in [0.5, 0.6) is 11.5 Å². The molecule has 28 heavy (non-hydrogen) atoms. The first kappa shape index (κ1) is 18.6. The Morgan fingerprint density at radius 1 is 0.964 bits per heavy atom. The highest BCUT2D eigenvalue weighted by Crippen LogP contribution is 2.31. The van der Waals surface area contributed by atoms with E-state index < -0.39 is 0 Å². The van der Waals surface area contributed by atoms with Crippen molar-refractivity contribution >= 4 is 17.3 Å². The quantitative estimate of drug-likeness (QED) is 0.831. The Bertz CT molecular complexity index is 818. The van der Waals surface area contributed by atoms with Gasteiger partial charge >= 0.3 is 0 Å². The lowest BCUT2D eigenvalue weighted by Gasteiger charge is -2.30. The number of amides is 1. The van der Waals surface area contributed by atoms with Gasteiger partial charge in [0.1, 0.15) is 13.2 Å². The number of nitrogens with zero attached hydrogens (tertiary/aromatic N) is 1. The second-order valence-electron chi connectivity index (χ2n) is 7.00. The lowest BCUT2D eigenvalue weighted by molar-refractivity contribution is -0.116. The zero-order valence-corrected chi connectivity index (χ0v) is 16.0. The molecule has 0 aromatic heterocycles. The Labute approximate surface area is 165 Å². The molecule has 1 N–H and O–H groups in total. The summed E-state index contributed by atoms with van der Waals surface area (Å²) in [6.07, 6.45) is 2.09. The molecule has 1 fully saturated rings. The lowest BCUT2D eigenvalue weighted by Crippen LogP contribution is -2.36. The van der Waals surface area contributed by atoms with E-state index in [1.54, 1.807) is 0 Å². The molecule has 0 unspecified atom stereocenters. The average Bonchev–Trinajstić information content (AvgIpc) is 2.75. The van der Waals surface area contributed by atoms with Gasteiger partial charge < -0.3 is 24.4 Å². The van der Waals surface area contributed by atoms with Gasteiger partial charge in [-0.05, 0) is 42.7 Å². The van der Waals surface area contributed by atoms with E-state index in [2.05, 4.69) is 16.3 Å². The van der Waals surface area contributed by atoms with Gasteiger partial charge in [0.25, 0.3) is 0 Å². The standard InChI is InChI=1S/C22H26N2O4/c25-22(7-3-4-17-8-9-20-21(16-17)28-15-14-27-20)23-18-5-1-2-6-19(18)24-10-12-26-13-11-24/h1-2,5-6,8-9,16H,3-4,7,10-15H2,(H,23,25). The number of morpholine rings is 1. The first-order valence-corrected chi connectivity index (χ1v) is 9.90. The third kappa shape index (κ3) is 4.57. The minimum absolute atomic E-state index is 0.0400. The molecule has 4 rings (SSSR count). The van der Waals surface area contributed by atoms with Crippen LogP contribution in [-0.4, -0.2) is 45.4 Å². The molecular formula is C22H26N2O4. The number of rotatable bonds is 6. The van der Waals surface area contributed by atoms with Gasteiger partial charge in [-0.3, -0.25) is 4.79 Å². The van der Waals surface area contributed by atoms with Crippen molar-refractivity contribution in [2.75, 3.05) is 49.7 Å². The van der Waals surface area contributed by atoms with Crippen molar-refractivity contribution in [3.05, 3.63) is 48.0 Å². The predicted octanol–water partition coefficient (Wildman–Crippen LogP) is 3.26. The van der Waals surface area contributed by atoms with Crippen LogP contribution in [0.3, 0.4) is 0 Å². The number of carbonyl (C=O) groups excluding carboxylic acids is 1. The highest BCUT2D eigenvalue weighted by atomic mass is 16.6. The van der Waals surface area contributed by atoms with E-state index in [0.29, 0.717) is 19.6 Å². The number of carbonyl (C=O) groups is 1. The molecule has 2 aromatic carbocycles. The zero-order valence-electron chi connectivity index (χ0n) is 16.0. The Balaban J connectivity index is 1.30. The van der Waals surface area contributed by atoms with Crippen LogP contribution in [0.15, 0.2) is 42.5 Å². The molecule has 1 saturated heterocycles. The number of benzene rings is 2. The van der Waals surface area contributed by atoms with E-state index >= 15 is 0 Å². The van der Waals surface area contributed by atoms with Gasteiger partial charge in [-0.2, -0.15) is 0 Å². The van der Waals surface area contributed by atoms with E-state index in [1.165, 1.54) is 0 Å². The number of para-hydroxylation sites is 2. The van der Waals surface area contributed by atoms with Crippen molar-refractivity contribution in [3.63, 3.8) is 0 Å². The molecule has 1 amide bonds. The highest BCUT2D eigenvalue weighted by molar-refractivity contribution is 5.94. The number of nitrogens with one attached hydrogen (secondary N) is 1. The molecule has 2 aromatic rings. The second-order valence-corrected chi connectivity index (χ2v) is 7.00. The van der Waals surface area contributed by atoms with Crippen LogP contribution in [0, 0.1) is 0 Å². The minimum Gasteiger partial charge on any atom is -0.486 e. The molecule has 0 saturated carbocycles. The van der Waals surface area contributed by atoms with Crippen molar-refractivity contribution in [1.82, 2.24) is 0 Å². The molecule has 0 radical (unpaired) electrons. The summed E-state index contributed by atoms with van der Waals surface area (Å²) in [6, 6.07) is 14.0. The maximum atomic E-state index is 12.5. The molecule has 0 bridgehead atoms. The van der Waals surface area contributed by atoms with Crippen molar-refractivity contribution in [2.24, 2.45) is 0 Å². The van der Waals surface area contributed by atoms with E-state index in [9.17, 15) is 4.79 Å². The van der Waals surface area contributed by atoms with Gasteiger partial charge in [0.2, 0.25) is 5.91 Å². The monoisotopic (exact) mass is 382 g/mol. The molecule has 148 valence electrons. The van der Waals surface area contributed by atoms with Crippen molar-refractivity contribution in [1.29, 1.82) is 0 Å². The van der Waals surface area contributed by atoms with E-state index in [1.807, 2.05) is 36.4 Å². The molecule has 6 heteroatoms. The van der Waals surface area contributed by atoms with Crippen LogP contribution in [0.1, 0.15) is 18.4 Å². The van der Waals surface area contributed by atoms with Gasteiger partial charge in [0.05, 0.1) is 24.6 Å². The maximum Gasteiger partial charge on any atom is 0.224 e. The second kappa shape index (κ2) is 8.97. The van der Waals surface area contributed by atoms with Crippen LogP contribution in [0.2, 0.25) is 0 Å². The van der Waals surface area contributed by atoms with Gasteiger partial charge in [-0.1, -0.05) is 18.2 Å². The van der Waals surface area contributed by atoms with Crippen LogP contribution in [0.25, 0.3) is 0 Å². The van der Waals surface area contributed by atoms with Crippen molar-refractivity contribution in [2.45, 2.75) is 19.3 Å². The fourth-order valence-electron chi connectivity index (χ4n) is 3.57. The SMILES string of the molecule is O=C(CCCc1ccc2c(c1)OCCO2)Nc1ccccc1N1CCOCC1. The topological polar surface area (TPSA) is 60.0 Å². The minimum atomic E-state index is 0.0400. The molecule has 2 aliphatic rings. The van der Waals surface area contributed by atoms with E-state index in [0.717, 1.165) is 67.6 Å². The first-order valence-electron chi connectivity index (χ1n) is 9.90. The van der Waals surface area contributed by atoms with E-state index in [-0.39, 0.29) is 5.91 Å². The summed E-state index contributed by atoms with van der Waals surface area (Å²) >= 11 is 0. The van der Waals surface area contributed by atoms with Crippen molar-refractivity contribution in [3.8, 4) is 11.5 Å². The Hall–Kier alpha value is -2.73. The van der Waals surface area contributed by atoms with Gasteiger partial charge in [-0.15, -0.1) is 0 Å². The molecule has 0 atom stereocenters. The van der Waals surface area contributed by atoms with Crippen LogP contribution in [-0.2, 0) is 16.0 Å². The van der Waals surface area contributed by atoms with E-state index in [4.69, 9.17) is 14.2 Å². The number of anilines is 2. The number of hydrogen-bond acceptors (Lipinski definition) is 5. The van der Waals surface area contributed by atoms with Crippen LogP contribution in [0.4, 0.5) is 11.4 Å². The summed E-state index contributed by atoms with van der Waals surface area (Å²) in [5, 5.41) is 3.08. The summed E-state index contributed by atoms with van der Waals surface area (Å²) in [4.78, 5) is 14.7. The van der Waals surface area contributed by atoms with Gasteiger partial charge in [0, 0.05) is 19.5 Å². The summed E-state index contributed by atoms with van der Waals surface area (Å²) in [5.41, 5.74) is 3.09. The lowest BCUT2D eigenvalue weighted by atomic mass is 10.1. The zero-order chi connectivity index (χ0) is 19.2. The average molecular weight is 382 g/mol. The smallest absolute Gasteiger partial charge is 0.224 e. The number of hydrogen-bond donors (Lipinski definition) is 1. The Kier molecular flexibility index (Phi) is 5.97. The number of aryl methyl sites for hydroxylation is 1. The molecular weight excluding hydrogens is 356 g/mol. The fraction of sp³-hybridized carbons (Fsp3) is 0.409. The third-order valence-electron chi connectivity index (χ3n) is 5.01. The van der Waals surface area contributed by atoms with Crippen LogP contribution < -0.4 is 19.7 Å². The van der Waals surface area contributed by atoms with Crippen molar-refractivity contribution < 1.29 is 19.0 Å². The number of ether oxygens (including phenoxy) is 3. The fourth-order valence-corrected chi connectivity index (χ4v) is 3.57. The molecule has 0 spiro atoms. The van der Waals surface area contributed by atoms with Crippen LogP contribution >= 0.6 is 0 Å². The molecule has 6 nitrogen and oxygen atoms in total. The summed E-state index contributed by atoms with van der Waals surface area (Å²) in [7, 11) is 0.